The summed E-state index contributed by atoms with van der Waals surface area (Å²) in [6, 6.07) is 8.24. The number of alkyl carbamates (subject to hydrolysis) is 1. The zero-order valence-corrected chi connectivity index (χ0v) is 16.1. The van der Waals surface area contributed by atoms with Crippen LogP contribution < -0.4 is 16.4 Å². The minimum atomic E-state index is -0.924. The van der Waals surface area contributed by atoms with Crippen LogP contribution in [0.15, 0.2) is 30.3 Å². The maximum atomic E-state index is 12.2. The van der Waals surface area contributed by atoms with E-state index in [1.165, 1.54) is 0 Å². The van der Waals surface area contributed by atoms with Gasteiger partial charge in [-0.3, -0.25) is 9.59 Å². The van der Waals surface area contributed by atoms with Gasteiger partial charge < -0.3 is 25.8 Å². The third kappa shape index (κ3) is 10.2. The van der Waals surface area contributed by atoms with Gasteiger partial charge >= 0.3 is 12.1 Å². The number of ether oxygens (including phenoxy) is 2. The van der Waals surface area contributed by atoms with Crippen LogP contribution in [0.4, 0.5) is 4.79 Å². The molecule has 0 aliphatic carbocycles. The van der Waals surface area contributed by atoms with E-state index in [0.29, 0.717) is 0 Å². The van der Waals surface area contributed by atoms with Crippen LogP contribution in [0.25, 0.3) is 0 Å². The number of carbonyl (C=O) groups is 3. The molecule has 0 aromatic heterocycles. The number of rotatable bonds is 9. The first kappa shape index (κ1) is 22.4. The summed E-state index contributed by atoms with van der Waals surface area (Å²) in [6.07, 6.45) is -0.668. The van der Waals surface area contributed by atoms with Crippen LogP contribution in [0.3, 0.4) is 0 Å². The van der Waals surface area contributed by atoms with E-state index >= 15 is 0 Å². The Balaban J connectivity index is 2.58. The number of benzene rings is 1. The van der Waals surface area contributed by atoms with Gasteiger partial charge in [0.2, 0.25) is 5.91 Å². The second-order valence-electron chi connectivity index (χ2n) is 6.96. The van der Waals surface area contributed by atoms with Gasteiger partial charge in [0.25, 0.3) is 0 Å². The number of carbonyl (C=O) groups excluding carboxylic acids is 3. The molecule has 8 nitrogen and oxygen atoms in total. The van der Waals surface area contributed by atoms with Gasteiger partial charge in [-0.1, -0.05) is 30.3 Å². The van der Waals surface area contributed by atoms with Crippen LogP contribution in [0.1, 0.15) is 39.2 Å². The fourth-order valence-corrected chi connectivity index (χ4v) is 2.15. The predicted molar refractivity (Wildman–Crippen MR) is 101 cm³/mol. The Morgan fingerprint density at radius 1 is 1.15 bits per heavy atom. The standard InChI is InChI=1S/C19H29N3O5/c1-19(2,3)27-16(23)10-9-15(17(24)21-12-11-20)22-18(25)26-13-14-7-5-4-6-8-14/h4-8,15H,9-13,20H2,1-3H3,(H,21,24)(H,22,25)/t15-/m1/s1. The van der Waals surface area contributed by atoms with E-state index in [4.69, 9.17) is 15.2 Å². The summed E-state index contributed by atoms with van der Waals surface area (Å²) in [4.78, 5) is 36.1. The normalized spacial score (nSPS) is 12.0. The Bertz CT molecular complexity index is 614. The molecule has 0 bridgehead atoms. The van der Waals surface area contributed by atoms with Gasteiger partial charge in [0.05, 0.1) is 0 Å². The quantitative estimate of drug-likeness (QED) is 0.559. The minimum Gasteiger partial charge on any atom is -0.460 e. The van der Waals surface area contributed by atoms with Crippen molar-refractivity contribution in [1.82, 2.24) is 10.6 Å². The van der Waals surface area contributed by atoms with Gasteiger partial charge in [-0.2, -0.15) is 0 Å². The molecule has 0 radical (unpaired) electrons. The zero-order chi connectivity index (χ0) is 20.3. The average Bonchev–Trinajstić information content (AvgIpc) is 2.60. The van der Waals surface area contributed by atoms with Crippen molar-refractivity contribution in [3.8, 4) is 0 Å². The molecule has 4 N–H and O–H groups in total. The molecular formula is C19H29N3O5. The summed E-state index contributed by atoms with van der Waals surface area (Å²) in [5, 5.41) is 5.09. The Morgan fingerprint density at radius 2 is 1.81 bits per heavy atom. The molecule has 0 unspecified atom stereocenters. The number of amides is 2. The Hall–Kier alpha value is -2.61. The maximum Gasteiger partial charge on any atom is 0.408 e. The molecule has 0 fully saturated rings. The fourth-order valence-electron chi connectivity index (χ4n) is 2.15. The topological polar surface area (TPSA) is 120 Å². The van der Waals surface area contributed by atoms with Gasteiger partial charge in [-0.15, -0.1) is 0 Å². The smallest absolute Gasteiger partial charge is 0.408 e. The van der Waals surface area contributed by atoms with Gasteiger partial charge in [0.1, 0.15) is 18.2 Å². The molecule has 8 heteroatoms. The van der Waals surface area contributed by atoms with Crippen molar-refractivity contribution >= 4 is 18.0 Å². The van der Waals surface area contributed by atoms with Gasteiger partial charge in [0.15, 0.2) is 0 Å². The van der Waals surface area contributed by atoms with Crippen molar-refractivity contribution < 1.29 is 23.9 Å². The average molecular weight is 379 g/mol. The lowest BCUT2D eigenvalue weighted by Crippen LogP contribution is -2.48. The lowest BCUT2D eigenvalue weighted by Gasteiger charge is -2.21. The van der Waals surface area contributed by atoms with E-state index in [-0.39, 0.29) is 32.5 Å². The van der Waals surface area contributed by atoms with Crippen molar-refractivity contribution in [3.05, 3.63) is 35.9 Å². The summed E-state index contributed by atoms with van der Waals surface area (Å²) in [6.45, 7) is 5.89. The molecule has 0 aliphatic rings. The van der Waals surface area contributed by atoms with Crippen LogP contribution >= 0.6 is 0 Å². The molecule has 0 spiro atoms. The van der Waals surface area contributed by atoms with E-state index in [1.807, 2.05) is 30.3 Å². The lowest BCUT2D eigenvalue weighted by molar-refractivity contribution is -0.155. The largest absolute Gasteiger partial charge is 0.460 e. The fraction of sp³-hybridized carbons (Fsp3) is 0.526. The maximum absolute atomic E-state index is 12.2. The van der Waals surface area contributed by atoms with E-state index < -0.39 is 29.6 Å². The van der Waals surface area contributed by atoms with Crippen LogP contribution in [-0.2, 0) is 25.7 Å². The molecule has 1 atom stereocenters. The number of nitrogens with one attached hydrogen (secondary N) is 2. The molecule has 0 aliphatic heterocycles. The van der Waals surface area contributed by atoms with Crippen LogP contribution in [-0.4, -0.2) is 42.7 Å². The summed E-state index contributed by atoms with van der Waals surface area (Å²) in [5.74, 6) is -0.876. The molecule has 1 aromatic rings. The zero-order valence-electron chi connectivity index (χ0n) is 16.1. The number of hydrogen-bond acceptors (Lipinski definition) is 6. The minimum absolute atomic E-state index is 0.0169. The second-order valence-corrected chi connectivity index (χ2v) is 6.96. The molecular weight excluding hydrogens is 350 g/mol. The van der Waals surface area contributed by atoms with E-state index in [1.54, 1.807) is 20.8 Å². The summed E-state index contributed by atoms with van der Waals surface area (Å²) < 4.78 is 10.4. The van der Waals surface area contributed by atoms with Crippen molar-refractivity contribution in [1.29, 1.82) is 0 Å². The molecule has 150 valence electrons. The van der Waals surface area contributed by atoms with E-state index in [0.717, 1.165) is 5.56 Å². The van der Waals surface area contributed by atoms with E-state index in [9.17, 15) is 14.4 Å². The van der Waals surface area contributed by atoms with E-state index in [2.05, 4.69) is 10.6 Å². The SMILES string of the molecule is CC(C)(C)OC(=O)CC[C@@H](NC(=O)OCc1ccccc1)C(=O)NCCN. The Kier molecular flexibility index (Phi) is 9.29. The van der Waals surface area contributed by atoms with Crippen molar-refractivity contribution in [3.63, 3.8) is 0 Å². The van der Waals surface area contributed by atoms with Crippen LogP contribution in [0, 0.1) is 0 Å². The van der Waals surface area contributed by atoms with Crippen molar-refractivity contribution in [2.45, 2.75) is 51.9 Å². The van der Waals surface area contributed by atoms with Crippen LogP contribution in [0.2, 0.25) is 0 Å². The highest BCUT2D eigenvalue weighted by Gasteiger charge is 2.24. The first-order valence-corrected chi connectivity index (χ1v) is 8.88. The molecule has 1 rings (SSSR count). The molecule has 1 aromatic carbocycles. The number of nitrogens with two attached hydrogens (primary N) is 1. The highest BCUT2D eigenvalue weighted by molar-refractivity contribution is 5.86. The lowest BCUT2D eigenvalue weighted by atomic mass is 10.1. The first-order chi connectivity index (χ1) is 12.7. The summed E-state index contributed by atoms with van der Waals surface area (Å²) >= 11 is 0. The Morgan fingerprint density at radius 3 is 2.41 bits per heavy atom. The van der Waals surface area contributed by atoms with Gasteiger partial charge in [-0.05, 0) is 32.8 Å². The Labute approximate surface area is 159 Å². The highest BCUT2D eigenvalue weighted by atomic mass is 16.6. The first-order valence-electron chi connectivity index (χ1n) is 8.88. The van der Waals surface area contributed by atoms with Gasteiger partial charge in [0, 0.05) is 19.5 Å². The second kappa shape index (κ2) is 11.2. The third-order valence-corrected chi connectivity index (χ3v) is 3.32. The van der Waals surface area contributed by atoms with Crippen molar-refractivity contribution in [2.75, 3.05) is 13.1 Å². The third-order valence-electron chi connectivity index (χ3n) is 3.32. The molecule has 0 saturated carbocycles. The summed E-state index contributed by atoms with van der Waals surface area (Å²) in [5.41, 5.74) is 5.59. The van der Waals surface area contributed by atoms with Gasteiger partial charge in [-0.25, -0.2) is 4.79 Å². The predicted octanol–water partition coefficient (Wildman–Crippen LogP) is 1.48. The number of esters is 1. The monoisotopic (exact) mass is 379 g/mol. The molecule has 0 heterocycles. The molecule has 2 amide bonds. The molecule has 27 heavy (non-hydrogen) atoms. The van der Waals surface area contributed by atoms with Crippen molar-refractivity contribution in [2.24, 2.45) is 5.73 Å². The number of hydrogen-bond donors (Lipinski definition) is 3. The van der Waals surface area contributed by atoms with Crippen LogP contribution in [0.5, 0.6) is 0 Å². The highest BCUT2D eigenvalue weighted by Crippen LogP contribution is 2.10. The molecule has 0 saturated heterocycles. The summed E-state index contributed by atoms with van der Waals surface area (Å²) in [7, 11) is 0.